The third-order valence-corrected chi connectivity index (χ3v) is 6.93. The maximum atomic E-state index is 12.7. The highest BCUT2D eigenvalue weighted by molar-refractivity contribution is 9.10. The van der Waals surface area contributed by atoms with Gasteiger partial charge in [-0.1, -0.05) is 15.9 Å². The summed E-state index contributed by atoms with van der Waals surface area (Å²) in [5, 5.41) is 11.6. The number of carboxylic acid groups (broad SMARTS) is 1. The number of benzene rings is 1. The van der Waals surface area contributed by atoms with Gasteiger partial charge in [-0.3, -0.25) is 19.3 Å². The highest BCUT2D eigenvalue weighted by Gasteiger charge is 2.54. The molecule has 0 spiro atoms. The van der Waals surface area contributed by atoms with Crippen molar-refractivity contribution in [3.63, 3.8) is 0 Å². The molecule has 1 aromatic carbocycles. The molecule has 2 aliphatic rings. The zero-order chi connectivity index (χ0) is 24.4. The van der Waals surface area contributed by atoms with Crippen molar-refractivity contribution in [3.8, 4) is 5.75 Å². The van der Waals surface area contributed by atoms with Gasteiger partial charge in [0.1, 0.15) is 41.8 Å². The first-order valence-corrected chi connectivity index (χ1v) is 11.9. The molecule has 178 valence electrons. The molecule has 10 nitrogen and oxygen atoms in total. The Bertz CT molecular complexity index is 1180. The molecule has 0 aliphatic carbocycles. The Morgan fingerprint density at radius 3 is 2.62 bits per heavy atom. The topological polar surface area (TPSA) is 135 Å². The molecule has 2 aromatic rings. The van der Waals surface area contributed by atoms with E-state index in [1.165, 1.54) is 24.8 Å². The zero-order valence-electron chi connectivity index (χ0n) is 17.8. The van der Waals surface area contributed by atoms with Crippen molar-refractivity contribution in [1.82, 2.24) is 10.2 Å². The molecule has 2 atom stereocenters. The Morgan fingerprint density at radius 1 is 1.21 bits per heavy atom. The minimum absolute atomic E-state index is 0.00557. The molecule has 4 rings (SSSR count). The molecule has 1 saturated heterocycles. The highest BCUT2D eigenvalue weighted by Crippen LogP contribution is 2.40. The molecule has 34 heavy (non-hydrogen) atoms. The number of carbonyl (C=O) groups excluding carboxylic acids is 3. The smallest absolute Gasteiger partial charge is 0.352 e. The van der Waals surface area contributed by atoms with Gasteiger partial charge in [0.15, 0.2) is 5.76 Å². The van der Waals surface area contributed by atoms with Crippen molar-refractivity contribution in [2.45, 2.75) is 24.9 Å². The normalized spacial score (nSPS) is 19.2. The van der Waals surface area contributed by atoms with Gasteiger partial charge in [0.05, 0.1) is 0 Å². The van der Waals surface area contributed by atoms with Gasteiger partial charge >= 0.3 is 11.9 Å². The Kier molecular flexibility index (Phi) is 6.98. The summed E-state index contributed by atoms with van der Waals surface area (Å²) in [6.45, 7) is 1.11. The van der Waals surface area contributed by atoms with Gasteiger partial charge in [0.25, 0.3) is 11.8 Å². The summed E-state index contributed by atoms with van der Waals surface area (Å²) in [4.78, 5) is 49.3. The van der Waals surface area contributed by atoms with Crippen LogP contribution in [0.4, 0.5) is 0 Å². The van der Waals surface area contributed by atoms with Gasteiger partial charge < -0.3 is 24.3 Å². The molecular weight excluding hydrogens is 532 g/mol. The minimum Gasteiger partial charge on any atom is -0.486 e. The monoisotopic (exact) mass is 550 g/mol. The molecule has 0 saturated carbocycles. The lowest BCUT2D eigenvalue weighted by Gasteiger charge is -2.49. The first-order chi connectivity index (χ1) is 16.2. The van der Waals surface area contributed by atoms with Crippen LogP contribution in [0.15, 0.2) is 56.6 Å². The highest BCUT2D eigenvalue weighted by atomic mass is 79.9. The number of rotatable bonds is 8. The molecule has 0 unspecified atom stereocenters. The van der Waals surface area contributed by atoms with Crippen molar-refractivity contribution in [1.29, 1.82) is 0 Å². The molecule has 2 N–H and O–H groups in total. The van der Waals surface area contributed by atoms with E-state index in [0.717, 1.165) is 9.37 Å². The number of thioether (sulfide) groups is 1. The van der Waals surface area contributed by atoms with Crippen LogP contribution < -0.4 is 10.1 Å². The van der Waals surface area contributed by atoms with Gasteiger partial charge in [0, 0.05) is 22.7 Å². The van der Waals surface area contributed by atoms with Crippen LogP contribution in [-0.4, -0.2) is 57.5 Å². The quantitative estimate of drug-likeness (QED) is 0.375. The van der Waals surface area contributed by atoms with E-state index in [0.29, 0.717) is 17.1 Å². The molecule has 1 aromatic heterocycles. The van der Waals surface area contributed by atoms with E-state index < -0.39 is 35.2 Å². The summed E-state index contributed by atoms with van der Waals surface area (Å²) in [5.41, 5.74) is 0.106. The van der Waals surface area contributed by atoms with E-state index in [9.17, 15) is 24.3 Å². The van der Waals surface area contributed by atoms with Gasteiger partial charge in [-0.15, -0.1) is 11.8 Å². The first kappa shape index (κ1) is 23.9. The Hall–Kier alpha value is -3.25. The number of fused-ring (bicyclic) bond motifs is 1. The van der Waals surface area contributed by atoms with Crippen LogP contribution in [0.25, 0.3) is 0 Å². The number of β-lactam (4-membered cyclic amide) rings is 1. The fraction of sp³-hybridized carbons (Fsp3) is 0.273. The van der Waals surface area contributed by atoms with E-state index in [1.807, 2.05) is 12.1 Å². The molecule has 2 aliphatic heterocycles. The van der Waals surface area contributed by atoms with Crippen molar-refractivity contribution >= 4 is 51.4 Å². The van der Waals surface area contributed by atoms with E-state index in [4.69, 9.17) is 13.9 Å². The van der Waals surface area contributed by atoms with Crippen LogP contribution in [0.2, 0.25) is 0 Å². The lowest BCUT2D eigenvalue weighted by Crippen LogP contribution is -2.70. The van der Waals surface area contributed by atoms with Crippen LogP contribution in [0.5, 0.6) is 5.75 Å². The molecule has 0 bridgehead atoms. The number of carboxylic acids is 1. The van der Waals surface area contributed by atoms with Gasteiger partial charge in [-0.2, -0.15) is 0 Å². The predicted molar refractivity (Wildman–Crippen MR) is 123 cm³/mol. The summed E-state index contributed by atoms with van der Waals surface area (Å²) in [5.74, 6) is -1.70. The Labute approximate surface area is 206 Å². The molecule has 1 fully saturated rings. The minimum atomic E-state index is -1.30. The number of hydrogen-bond acceptors (Lipinski definition) is 8. The molecule has 2 amide bonds. The number of halogens is 1. The summed E-state index contributed by atoms with van der Waals surface area (Å²) in [6.07, 6.45) is 0. The lowest BCUT2D eigenvalue weighted by atomic mass is 10.0. The number of carbonyl (C=O) groups is 4. The molecular formula is C22H19BrN2O8S. The van der Waals surface area contributed by atoms with Gasteiger partial charge in [-0.25, -0.2) is 4.79 Å². The standard InChI is InChI=1S/C22H19BrN2O8S/c1-11(26)31-8-12-10-34-21-17(20(28)25(21)18(12)22(29)30)24-19(27)16-7-6-15(33-16)9-32-14-4-2-13(23)3-5-14/h2-7,17,21H,8-10H2,1H3,(H,24,27)(H,29,30)/t17-,21+/m0/s1. The molecule has 3 heterocycles. The predicted octanol–water partition coefficient (Wildman–Crippen LogP) is 2.54. The van der Waals surface area contributed by atoms with Gasteiger partial charge in [-0.05, 0) is 36.4 Å². The van der Waals surface area contributed by atoms with Crippen LogP contribution in [-0.2, 0) is 25.7 Å². The summed E-state index contributed by atoms with van der Waals surface area (Å²) >= 11 is 4.62. The average Bonchev–Trinajstić information content (AvgIpc) is 3.29. The summed E-state index contributed by atoms with van der Waals surface area (Å²) in [6, 6.07) is 9.41. The number of hydrogen-bond donors (Lipinski definition) is 2. The third kappa shape index (κ3) is 4.97. The summed E-state index contributed by atoms with van der Waals surface area (Å²) < 4.78 is 17.0. The fourth-order valence-corrected chi connectivity index (χ4v) is 5.05. The van der Waals surface area contributed by atoms with E-state index in [1.54, 1.807) is 18.2 Å². The second-order valence-corrected chi connectivity index (χ2v) is 9.43. The van der Waals surface area contributed by atoms with Crippen molar-refractivity contribution in [2.24, 2.45) is 0 Å². The second-order valence-electron chi connectivity index (χ2n) is 7.41. The average molecular weight is 551 g/mol. The number of furan rings is 1. The van der Waals surface area contributed by atoms with E-state index in [2.05, 4.69) is 21.2 Å². The third-order valence-electron chi connectivity index (χ3n) is 5.07. The number of aliphatic carboxylic acids is 1. The molecule has 0 radical (unpaired) electrons. The van der Waals surface area contributed by atoms with Crippen LogP contribution >= 0.6 is 27.7 Å². The van der Waals surface area contributed by atoms with Crippen molar-refractivity contribution in [3.05, 3.63) is 63.7 Å². The number of ether oxygens (including phenoxy) is 2. The lowest BCUT2D eigenvalue weighted by molar-refractivity contribution is -0.149. The SMILES string of the molecule is CC(=O)OCC1=C(C(=O)O)N2C(=O)[C@H](NC(=O)c3ccc(COc4ccc(Br)cc4)o3)[C@H]2SC1. The Morgan fingerprint density at radius 2 is 1.94 bits per heavy atom. The number of nitrogens with zero attached hydrogens (tertiary/aromatic N) is 1. The van der Waals surface area contributed by atoms with Crippen LogP contribution in [0.3, 0.4) is 0 Å². The van der Waals surface area contributed by atoms with Crippen LogP contribution in [0.1, 0.15) is 23.2 Å². The van der Waals surface area contributed by atoms with Gasteiger partial charge in [0.2, 0.25) is 0 Å². The maximum Gasteiger partial charge on any atom is 0.352 e. The second kappa shape index (κ2) is 9.94. The van der Waals surface area contributed by atoms with E-state index in [-0.39, 0.29) is 30.4 Å². The Balaban J connectivity index is 1.37. The van der Waals surface area contributed by atoms with E-state index >= 15 is 0 Å². The van der Waals surface area contributed by atoms with Crippen molar-refractivity contribution < 1.29 is 38.2 Å². The molecule has 12 heteroatoms. The summed E-state index contributed by atoms with van der Waals surface area (Å²) in [7, 11) is 0. The fourth-order valence-electron chi connectivity index (χ4n) is 3.46. The van der Waals surface area contributed by atoms with Crippen LogP contribution in [0, 0.1) is 0 Å². The maximum absolute atomic E-state index is 12.7. The largest absolute Gasteiger partial charge is 0.486 e. The first-order valence-electron chi connectivity index (χ1n) is 10.1. The zero-order valence-corrected chi connectivity index (χ0v) is 20.2. The van der Waals surface area contributed by atoms with Crippen molar-refractivity contribution in [2.75, 3.05) is 12.4 Å². The number of esters is 1. The number of nitrogens with one attached hydrogen (secondary N) is 1. The number of amides is 2.